The van der Waals surface area contributed by atoms with Crippen molar-refractivity contribution in [3.8, 4) is 0 Å². The second-order valence-corrected chi connectivity index (χ2v) is 8.56. The molecule has 2 aromatic carbocycles. The summed E-state index contributed by atoms with van der Waals surface area (Å²) < 4.78 is 13.6. The molecule has 7 heteroatoms. The van der Waals surface area contributed by atoms with Gasteiger partial charge in [-0.25, -0.2) is 4.39 Å². The Morgan fingerprint density at radius 3 is 2.69 bits per heavy atom. The normalized spacial score (nSPS) is 14.5. The van der Waals surface area contributed by atoms with Crippen LogP contribution in [-0.2, 0) is 16.0 Å². The molecule has 0 spiro atoms. The summed E-state index contributed by atoms with van der Waals surface area (Å²) in [4.78, 5) is 30.6. The molecular weight excluding hydrogens is 407 g/mol. The summed E-state index contributed by atoms with van der Waals surface area (Å²) >= 11 is 0. The third-order valence-electron chi connectivity index (χ3n) is 5.92. The van der Waals surface area contributed by atoms with Crippen molar-refractivity contribution in [2.24, 2.45) is 0 Å². The third-order valence-corrected chi connectivity index (χ3v) is 5.92. The van der Waals surface area contributed by atoms with Gasteiger partial charge in [0.05, 0.1) is 6.42 Å². The summed E-state index contributed by atoms with van der Waals surface area (Å²) in [6, 6.07) is 12.0. The van der Waals surface area contributed by atoms with Crippen LogP contribution in [0.5, 0.6) is 0 Å². The Morgan fingerprint density at radius 2 is 1.91 bits per heavy atom. The zero-order chi connectivity index (χ0) is 22.7. The van der Waals surface area contributed by atoms with Crippen LogP contribution >= 0.6 is 0 Å². The van der Waals surface area contributed by atoms with E-state index in [9.17, 15) is 14.0 Å². The Kier molecular flexibility index (Phi) is 6.44. The lowest BCUT2D eigenvalue weighted by Crippen LogP contribution is -2.36. The van der Waals surface area contributed by atoms with E-state index in [1.54, 1.807) is 13.0 Å². The largest absolute Gasteiger partial charge is 0.371 e. The molecule has 1 aliphatic heterocycles. The molecule has 1 fully saturated rings. The number of hydrogen-bond acceptors (Lipinski definition) is 3. The number of fused-ring (bicyclic) bond motifs is 1. The zero-order valence-corrected chi connectivity index (χ0v) is 18.5. The minimum absolute atomic E-state index is 0.124. The minimum atomic E-state index is -0.336. The van der Waals surface area contributed by atoms with Crippen molar-refractivity contribution in [2.75, 3.05) is 23.3 Å². The molecule has 1 aliphatic rings. The predicted octanol–water partition coefficient (Wildman–Crippen LogP) is 4.29. The minimum Gasteiger partial charge on any atom is -0.371 e. The quantitative estimate of drug-likeness (QED) is 0.517. The van der Waals surface area contributed by atoms with Crippen molar-refractivity contribution < 1.29 is 14.0 Å². The number of aryl methyl sites for hydroxylation is 1. The van der Waals surface area contributed by atoms with Crippen LogP contribution in [-0.4, -0.2) is 35.9 Å². The highest BCUT2D eigenvalue weighted by atomic mass is 19.1. The molecule has 0 aliphatic carbocycles. The second kappa shape index (κ2) is 9.42. The molecule has 0 bridgehead atoms. The highest BCUT2D eigenvalue weighted by molar-refractivity contribution is 5.93. The summed E-state index contributed by atoms with van der Waals surface area (Å²) in [5.41, 5.74) is 4.29. The molecule has 1 atom stereocenters. The van der Waals surface area contributed by atoms with E-state index >= 15 is 0 Å². The number of hydrogen-bond donors (Lipinski definition) is 3. The summed E-state index contributed by atoms with van der Waals surface area (Å²) in [5, 5.41) is 6.52. The Balaban J connectivity index is 1.32. The van der Waals surface area contributed by atoms with Gasteiger partial charge in [-0.2, -0.15) is 0 Å². The number of aromatic nitrogens is 1. The van der Waals surface area contributed by atoms with Gasteiger partial charge in [-0.1, -0.05) is 6.07 Å². The molecule has 2 amide bonds. The number of aromatic amines is 1. The molecule has 32 heavy (non-hydrogen) atoms. The molecule has 0 saturated carbocycles. The van der Waals surface area contributed by atoms with Gasteiger partial charge >= 0.3 is 0 Å². The smallest absolute Gasteiger partial charge is 0.226 e. The number of nitrogens with one attached hydrogen (secondary N) is 3. The number of benzene rings is 2. The summed E-state index contributed by atoms with van der Waals surface area (Å²) in [7, 11) is 0. The Labute approximate surface area is 187 Å². The maximum atomic E-state index is 13.6. The average molecular weight is 437 g/mol. The van der Waals surface area contributed by atoms with Gasteiger partial charge in [0.1, 0.15) is 5.82 Å². The fourth-order valence-corrected chi connectivity index (χ4v) is 4.37. The van der Waals surface area contributed by atoms with Gasteiger partial charge in [0, 0.05) is 53.5 Å². The molecule has 168 valence electrons. The van der Waals surface area contributed by atoms with Crippen molar-refractivity contribution in [2.45, 2.75) is 45.6 Å². The average Bonchev–Trinajstić information content (AvgIpc) is 3.37. The zero-order valence-electron chi connectivity index (χ0n) is 18.5. The van der Waals surface area contributed by atoms with Crippen LogP contribution in [0.3, 0.4) is 0 Å². The van der Waals surface area contributed by atoms with Crippen LogP contribution in [0.25, 0.3) is 10.9 Å². The number of nitrogens with zero attached hydrogens (tertiary/aromatic N) is 1. The molecule has 4 rings (SSSR count). The van der Waals surface area contributed by atoms with Crippen molar-refractivity contribution in [3.63, 3.8) is 0 Å². The molecule has 3 aromatic rings. The van der Waals surface area contributed by atoms with Gasteiger partial charge in [-0.15, -0.1) is 0 Å². The van der Waals surface area contributed by atoms with Crippen molar-refractivity contribution in [1.29, 1.82) is 0 Å². The molecule has 1 unspecified atom stereocenters. The first-order chi connectivity index (χ1) is 15.4. The topological polar surface area (TPSA) is 77.2 Å². The van der Waals surface area contributed by atoms with Crippen LogP contribution < -0.4 is 15.5 Å². The van der Waals surface area contributed by atoms with Crippen LogP contribution in [0, 0.1) is 12.7 Å². The summed E-state index contributed by atoms with van der Waals surface area (Å²) in [6.07, 6.45) is 2.68. The van der Waals surface area contributed by atoms with Gasteiger partial charge in [-0.3, -0.25) is 9.59 Å². The van der Waals surface area contributed by atoms with E-state index in [1.807, 2.05) is 25.1 Å². The van der Waals surface area contributed by atoms with Gasteiger partial charge in [0.25, 0.3) is 0 Å². The molecule has 6 nitrogen and oxygen atoms in total. The Bertz CT molecular complexity index is 1130. The first-order valence-corrected chi connectivity index (χ1v) is 11.1. The lowest BCUT2D eigenvalue weighted by molar-refractivity contribution is -0.121. The maximum Gasteiger partial charge on any atom is 0.226 e. The monoisotopic (exact) mass is 436 g/mol. The van der Waals surface area contributed by atoms with Crippen molar-refractivity contribution in [3.05, 3.63) is 59.5 Å². The first-order valence-electron chi connectivity index (χ1n) is 11.1. The third kappa shape index (κ3) is 5.10. The van der Waals surface area contributed by atoms with Crippen LogP contribution in [0.4, 0.5) is 15.8 Å². The van der Waals surface area contributed by atoms with E-state index in [0.29, 0.717) is 5.39 Å². The number of halogens is 1. The second-order valence-electron chi connectivity index (χ2n) is 8.56. The molecule has 3 N–H and O–H groups in total. The lowest BCUT2D eigenvalue weighted by Gasteiger charge is -2.19. The lowest BCUT2D eigenvalue weighted by atomic mass is 10.1. The molecule has 1 aromatic heterocycles. The van der Waals surface area contributed by atoms with E-state index < -0.39 is 0 Å². The van der Waals surface area contributed by atoms with Crippen molar-refractivity contribution >= 4 is 34.1 Å². The van der Waals surface area contributed by atoms with Crippen LogP contribution in [0.2, 0.25) is 0 Å². The van der Waals surface area contributed by atoms with Gasteiger partial charge in [-0.05, 0) is 68.7 Å². The summed E-state index contributed by atoms with van der Waals surface area (Å²) in [6.45, 7) is 5.76. The van der Waals surface area contributed by atoms with Crippen molar-refractivity contribution in [1.82, 2.24) is 10.3 Å². The van der Waals surface area contributed by atoms with E-state index in [0.717, 1.165) is 41.2 Å². The number of anilines is 2. The van der Waals surface area contributed by atoms with E-state index in [2.05, 4.69) is 26.6 Å². The number of rotatable bonds is 7. The Hall–Kier alpha value is -3.35. The fraction of sp³-hybridized carbons (Fsp3) is 0.360. The summed E-state index contributed by atoms with van der Waals surface area (Å²) in [5.74, 6) is -0.687. The standard InChI is InChI=1S/C25H29FN4O2/c1-16(12-24(31)29-19-6-5-7-20(14-19)30-10-3-4-11-30)27-25(32)15-21-17(2)28-23-9-8-18(26)13-22(21)23/h5-9,13-14,16,28H,3-4,10-12,15H2,1-2H3,(H,27,32)(H,29,31). The number of amides is 2. The molecule has 1 saturated heterocycles. The van der Waals surface area contributed by atoms with Gasteiger partial charge < -0.3 is 20.5 Å². The first kappa shape index (κ1) is 21.9. The fourth-order valence-electron chi connectivity index (χ4n) is 4.37. The number of H-pyrrole nitrogens is 1. The van der Waals surface area contributed by atoms with E-state index in [4.69, 9.17) is 0 Å². The predicted molar refractivity (Wildman–Crippen MR) is 125 cm³/mol. The van der Waals surface area contributed by atoms with Gasteiger partial charge in [0.15, 0.2) is 0 Å². The van der Waals surface area contributed by atoms with Gasteiger partial charge in [0.2, 0.25) is 11.8 Å². The SMILES string of the molecule is Cc1[nH]c2ccc(F)cc2c1CC(=O)NC(C)CC(=O)Nc1cccc(N2CCCC2)c1. The number of carbonyl (C=O) groups is 2. The van der Waals surface area contributed by atoms with Crippen LogP contribution in [0.15, 0.2) is 42.5 Å². The highest BCUT2D eigenvalue weighted by Gasteiger charge is 2.17. The maximum absolute atomic E-state index is 13.6. The van der Waals surface area contributed by atoms with E-state index in [1.165, 1.54) is 25.0 Å². The number of carbonyl (C=O) groups excluding carboxylic acids is 2. The van der Waals surface area contributed by atoms with E-state index in [-0.39, 0.29) is 36.5 Å². The Morgan fingerprint density at radius 1 is 1.12 bits per heavy atom. The molecule has 2 heterocycles. The highest BCUT2D eigenvalue weighted by Crippen LogP contribution is 2.24. The molecular formula is C25H29FN4O2. The molecule has 0 radical (unpaired) electrons. The van der Waals surface area contributed by atoms with Crippen LogP contribution in [0.1, 0.15) is 37.4 Å².